The maximum absolute atomic E-state index is 12.2. The fourth-order valence-corrected chi connectivity index (χ4v) is 3.62. The van der Waals surface area contributed by atoms with Gasteiger partial charge in [0.1, 0.15) is 10.6 Å². The highest BCUT2D eigenvalue weighted by atomic mass is 32.2. The molecule has 152 valence electrons. The lowest BCUT2D eigenvalue weighted by molar-refractivity contribution is -0.119. The minimum Gasteiger partial charge on any atom is -0.495 e. The molecule has 2 aromatic carbocycles. The SMILES string of the molecule is COc1ccc(C(=O)OCC(=O)Nc2ccccc2SCC#N)cc1S(N)(=O)=O. The summed E-state index contributed by atoms with van der Waals surface area (Å²) in [6.07, 6.45) is 0. The summed E-state index contributed by atoms with van der Waals surface area (Å²) in [6.45, 7) is -0.590. The van der Waals surface area contributed by atoms with E-state index in [9.17, 15) is 18.0 Å². The number of nitrogens with one attached hydrogen (secondary N) is 1. The van der Waals surface area contributed by atoms with Crippen LogP contribution in [0.25, 0.3) is 0 Å². The van der Waals surface area contributed by atoms with Gasteiger partial charge in [-0.1, -0.05) is 12.1 Å². The fraction of sp³-hybridized carbons (Fsp3) is 0.167. The quantitative estimate of drug-likeness (QED) is 0.470. The maximum Gasteiger partial charge on any atom is 0.338 e. The molecule has 29 heavy (non-hydrogen) atoms. The van der Waals surface area contributed by atoms with Crippen LogP contribution in [0.2, 0.25) is 0 Å². The average Bonchev–Trinajstić information content (AvgIpc) is 2.70. The van der Waals surface area contributed by atoms with E-state index in [4.69, 9.17) is 19.9 Å². The smallest absolute Gasteiger partial charge is 0.338 e. The first-order valence-electron chi connectivity index (χ1n) is 8.03. The highest BCUT2D eigenvalue weighted by Gasteiger charge is 2.19. The molecule has 0 bridgehead atoms. The number of para-hydroxylation sites is 1. The molecule has 2 rings (SSSR count). The first-order valence-corrected chi connectivity index (χ1v) is 10.6. The average molecular weight is 435 g/mol. The molecule has 0 heterocycles. The van der Waals surface area contributed by atoms with Crippen LogP contribution in [-0.2, 0) is 19.6 Å². The summed E-state index contributed by atoms with van der Waals surface area (Å²) in [4.78, 5) is 24.6. The topological polar surface area (TPSA) is 149 Å². The molecule has 3 N–H and O–H groups in total. The number of ether oxygens (including phenoxy) is 2. The van der Waals surface area contributed by atoms with Gasteiger partial charge in [0.2, 0.25) is 10.0 Å². The van der Waals surface area contributed by atoms with Crippen LogP contribution in [0.1, 0.15) is 10.4 Å². The van der Waals surface area contributed by atoms with Crippen molar-refractivity contribution in [2.75, 3.05) is 24.8 Å². The van der Waals surface area contributed by atoms with Crippen LogP contribution in [0.3, 0.4) is 0 Å². The molecule has 2 aromatic rings. The lowest BCUT2D eigenvalue weighted by Gasteiger charge is -2.11. The van der Waals surface area contributed by atoms with Crippen molar-refractivity contribution in [1.82, 2.24) is 0 Å². The van der Waals surface area contributed by atoms with E-state index < -0.39 is 28.5 Å². The van der Waals surface area contributed by atoms with Crippen molar-refractivity contribution < 1.29 is 27.5 Å². The number of methoxy groups -OCH3 is 1. The molecule has 0 saturated heterocycles. The summed E-state index contributed by atoms with van der Waals surface area (Å²) in [5, 5.41) is 16.4. The van der Waals surface area contributed by atoms with Crippen molar-refractivity contribution in [3.05, 3.63) is 48.0 Å². The Morgan fingerprint density at radius 1 is 1.24 bits per heavy atom. The van der Waals surface area contributed by atoms with Gasteiger partial charge in [0.25, 0.3) is 5.91 Å². The van der Waals surface area contributed by atoms with Gasteiger partial charge in [-0.2, -0.15) is 5.26 Å². The largest absolute Gasteiger partial charge is 0.495 e. The number of rotatable bonds is 8. The van der Waals surface area contributed by atoms with Crippen molar-refractivity contribution in [2.45, 2.75) is 9.79 Å². The molecular formula is C18H17N3O6S2. The number of carbonyl (C=O) groups is 2. The van der Waals surface area contributed by atoms with E-state index in [1.807, 2.05) is 6.07 Å². The van der Waals surface area contributed by atoms with Crippen LogP contribution in [0.5, 0.6) is 5.75 Å². The number of nitrogens with two attached hydrogens (primary N) is 1. The lowest BCUT2D eigenvalue weighted by atomic mass is 10.2. The molecule has 0 radical (unpaired) electrons. The van der Waals surface area contributed by atoms with Crippen molar-refractivity contribution in [3.63, 3.8) is 0 Å². The molecule has 0 aromatic heterocycles. The molecule has 0 atom stereocenters. The Morgan fingerprint density at radius 2 is 1.97 bits per heavy atom. The van der Waals surface area contributed by atoms with Crippen molar-refractivity contribution >= 4 is 39.3 Å². The van der Waals surface area contributed by atoms with Crippen LogP contribution in [-0.4, -0.2) is 39.8 Å². The predicted molar refractivity (Wildman–Crippen MR) is 106 cm³/mol. The zero-order chi connectivity index (χ0) is 21.4. The van der Waals surface area contributed by atoms with Gasteiger partial charge in [0.15, 0.2) is 6.61 Å². The molecule has 9 nitrogen and oxygen atoms in total. The first kappa shape index (κ1) is 22.2. The molecule has 11 heteroatoms. The summed E-state index contributed by atoms with van der Waals surface area (Å²) < 4.78 is 33.1. The van der Waals surface area contributed by atoms with E-state index in [-0.39, 0.29) is 22.0 Å². The first-order chi connectivity index (χ1) is 13.8. The van der Waals surface area contributed by atoms with E-state index in [0.29, 0.717) is 10.6 Å². The molecular weight excluding hydrogens is 418 g/mol. The number of sulfonamides is 1. The van der Waals surface area contributed by atoms with E-state index in [1.54, 1.807) is 24.3 Å². The number of nitrogens with zero attached hydrogens (tertiary/aromatic N) is 1. The van der Waals surface area contributed by atoms with E-state index in [0.717, 1.165) is 6.07 Å². The lowest BCUT2D eigenvalue weighted by Crippen LogP contribution is -2.21. The molecule has 0 aliphatic carbocycles. The second-order valence-electron chi connectivity index (χ2n) is 5.48. The van der Waals surface area contributed by atoms with Gasteiger partial charge in [0.05, 0.1) is 30.2 Å². The third kappa shape index (κ3) is 6.21. The summed E-state index contributed by atoms with van der Waals surface area (Å²) in [5.74, 6) is -1.30. The summed E-state index contributed by atoms with van der Waals surface area (Å²) in [5.41, 5.74) is 0.377. The Kier molecular flexibility index (Phi) is 7.60. The van der Waals surface area contributed by atoms with Gasteiger partial charge in [-0.25, -0.2) is 18.4 Å². The number of primary sulfonamides is 1. The van der Waals surface area contributed by atoms with E-state index in [2.05, 4.69) is 5.32 Å². The van der Waals surface area contributed by atoms with Crippen LogP contribution >= 0.6 is 11.8 Å². The van der Waals surface area contributed by atoms with Gasteiger partial charge >= 0.3 is 5.97 Å². The zero-order valence-electron chi connectivity index (χ0n) is 15.2. The van der Waals surface area contributed by atoms with Crippen LogP contribution in [0.15, 0.2) is 52.3 Å². The monoisotopic (exact) mass is 435 g/mol. The number of carbonyl (C=O) groups excluding carboxylic acids is 2. The van der Waals surface area contributed by atoms with Crippen LogP contribution in [0, 0.1) is 11.3 Å². The Hall–Kier alpha value is -3.07. The highest BCUT2D eigenvalue weighted by molar-refractivity contribution is 7.99. The van der Waals surface area contributed by atoms with Gasteiger partial charge in [-0.05, 0) is 30.3 Å². The van der Waals surface area contributed by atoms with Crippen LogP contribution < -0.4 is 15.2 Å². The Morgan fingerprint density at radius 3 is 2.62 bits per heavy atom. The van der Waals surface area contributed by atoms with Crippen molar-refractivity contribution in [3.8, 4) is 11.8 Å². The van der Waals surface area contributed by atoms with Gasteiger partial charge < -0.3 is 14.8 Å². The van der Waals surface area contributed by atoms with Gasteiger partial charge in [0, 0.05) is 4.90 Å². The number of hydrogen-bond donors (Lipinski definition) is 2. The molecule has 0 spiro atoms. The molecule has 0 aliphatic rings. The number of anilines is 1. The Bertz CT molecular complexity index is 1060. The number of benzene rings is 2. The molecule has 0 fully saturated rings. The van der Waals surface area contributed by atoms with E-state index >= 15 is 0 Å². The number of thioether (sulfide) groups is 1. The van der Waals surface area contributed by atoms with E-state index in [1.165, 1.54) is 31.0 Å². The van der Waals surface area contributed by atoms with Gasteiger partial charge in [-0.3, -0.25) is 4.79 Å². The van der Waals surface area contributed by atoms with Crippen molar-refractivity contribution in [2.24, 2.45) is 5.14 Å². The minimum atomic E-state index is -4.12. The van der Waals surface area contributed by atoms with Gasteiger partial charge in [-0.15, -0.1) is 11.8 Å². The fourth-order valence-electron chi connectivity index (χ4n) is 2.23. The predicted octanol–water partition coefficient (Wildman–Crippen LogP) is 1.75. The molecule has 0 saturated carbocycles. The molecule has 0 unspecified atom stereocenters. The third-order valence-electron chi connectivity index (χ3n) is 3.49. The number of nitriles is 1. The Balaban J connectivity index is 2.05. The number of amides is 1. The summed E-state index contributed by atoms with van der Waals surface area (Å²) in [7, 11) is -2.86. The third-order valence-corrected chi connectivity index (χ3v) is 5.37. The maximum atomic E-state index is 12.2. The van der Waals surface area contributed by atoms with Crippen LogP contribution in [0.4, 0.5) is 5.69 Å². The standard InChI is InChI=1S/C18H17N3O6S2/c1-26-14-7-6-12(10-16(14)29(20,24)25)18(23)27-11-17(22)21-13-4-2-3-5-15(13)28-9-8-19/h2-7,10H,9,11H2,1H3,(H,21,22)(H2,20,24,25). The van der Waals surface area contributed by atoms with Crippen molar-refractivity contribution in [1.29, 1.82) is 5.26 Å². The molecule has 0 aliphatic heterocycles. The number of hydrogen-bond acceptors (Lipinski definition) is 8. The summed E-state index contributed by atoms with van der Waals surface area (Å²) in [6, 6.07) is 12.4. The zero-order valence-corrected chi connectivity index (χ0v) is 16.9. The Labute approximate surface area is 171 Å². The second-order valence-corrected chi connectivity index (χ2v) is 8.02. The summed E-state index contributed by atoms with van der Waals surface area (Å²) >= 11 is 1.25. The second kappa shape index (κ2) is 9.92. The molecule has 1 amide bonds. The normalized spacial score (nSPS) is 10.7. The number of esters is 1. The highest BCUT2D eigenvalue weighted by Crippen LogP contribution is 2.27. The minimum absolute atomic E-state index is 0.0201.